The molecule has 0 amide bonds. The topological polar surface area (TPSA) is 109 Å². The average Bonchev–Trinajstić information content (AvgIpc) is 2.52. The van der Waals surface area contributed by atoms with E-state index < -0.39 is 0 Å². The standard InChI is InChI=1S/C12H29N3.C9H22N4/c1-12(2,3)11(13-4)10-15(7)9-8-14(5)6;1-9(2,3)7(10)5-4-6-13-8(11)12/h11,13H,8-10H2,1-7H3;7H,4-6,10H2,1-3H3,(H4,11,12,13)/t;7-/m.0/s1. The van der Waals surface area contributed by atoms with Gasteiger partial charge in [-0.25, -0.2) is 0 Å². The molecule has 7 nitrogen and oxygen atoms in total. The summed E-state index contributed by atoms with van der Waals surface area (Å²) in [5.74, 6) is 0.157. The number of likely N-dealkylation sites (N-methyl/N-ethyl adjacent to an activating group) is 3. The van der Waals surface area contributed by atoms with E-state index in [0.717, 1.165) is 32.5 Å². The zero-order chi connectivity index (χ0) is 22.5. The third-order valence-corrected chi connectivity index (χ3v) is 4.90. The summed E-state index contributed by atoms with van der Waals surface area (Å²) in [4.78, 5) is 8.51. The fraction of sp³-hybridized carbons (Fsp3) is 0.952. The van der Waals surface area contributed by atoms with E-state index in [-0.39, 0.29) is 17.4 Å². The second-order valence-corrected chi connectivity index (χ2v) is 10.2. The summed E-state index contributed by atoms with van der Waals surface area (Å²) in [6, 6.07) is 0.756. The minimum absolute atomic E-state index is 0.157. The van der Waals surface area contributed by atoms with Gasteiger partial charge in [-0.3, -0.25) is 4.99 Å². The first kappa shape index (κ1) is 29.3. The average molecular weight is 402 g/mol. The number of nitrogens with two attached hydrogens (primary N) is 3. The van der Waals surface area contributed by atoms with E-state index in [2.05, 4.69) is 89.8 Å². The number of rotatable bonds is 10. The predicted octanol–water partition coefficient (Wildman–Crippen LogP) is 1.53. The quantitative estimate of drug-likeness (QED) is 0.251. The molecule has 2 atom stereocenters. The second kappa shape index (κ2) is 14.1. The van der Waals surface area contributed by atoms with Gasteiger partial charge < -0.3 is 32.3 Å². The van der Waals surface area contributed by atoms with Crippen LogP contribution in [0.25, 0.3) is 0 Å². The van der Waals surface area contributed by atoms with Crippen molar-refractivity contribution in [2.45, 2.75) is 66.5 Å². The number of aliphatic imine (C=N–C) groups is 1. The van der Waals surface area contributed by atoms with Gasteiger partial charge in [0.05, 0.1) is 0 Å². The van der Waals surface area contributed by atoms with Crippen LogP contribution in [-0.4, -0.2) is 82.2 Å². The third-order valence-electron chi connectivity index (χ3n) is 4.90. The van der Waals surface area contributed by atoms with Gasteiger partial charge in [0.2, 0.25) is 0 Å². The first-order valence-corrected chi connectivity index (χ1v) is 10.4. The van der Waals surface area contributed by atoms with Crippen molar-refractivity contribution < 1.29 is 0 Å². The Morgan fingerprint density at radius 1 is 0.964 bits per heavy atom. The normalized spacial score (nSPS) is 14.5. The van der Waals surface area contributed by atoms with E-state index in [4.69, 9.17) is 17.2 Å². The maximum atomic E-state index is 5.96. The summed E-state index contributed by atoms with van der Waals surface area (Å²) in [5.41, 5.74) is 16.8. The molecule has 0 heterocycles. The van der Waals surface area contributed by atoms with E-state index in [0.29, 0.717) is 18.0 Å². The Morgan fingerprint density at radius 2 is 1.50 bits per heavy atom. The number of hydrogen-bond acceptors (Lipinski definition) is 5. The lowest BCUT2D eigenvalue weighted by molar-refractivity contribution is 0.192. The summed E-state index contributed by atoms with van der Waals surface area (Å²) >= 11 is 0. The summed E-state index contributed by atoms with van der Waals surface area (Å²) in [6.07, 6.45) is 1.90. The van der Waals surface area contributed by atoms with Crippen molar-refractivity contribution in [3.63, 3.8) is 0 Å². The molecular formula is C21H51N7. The Morgan fingerprint density at radius 3 is 1.86 bits per heavy atom. The number of guanidine groups is 1. The van der Waals surface area contributed by atoms with Crippen LogP contribution in [0.5, 0.6) is 0 Å². The highest BCUT2D eigenvalue weighted by atomic mass is 15.2. The number of nitrogens with one attached hydrogen (secondary N) is 1. The number of hydrogen-bond donors (Lipinski definition) is 4. The molecule has 0 fully saturated rings. The molecule has 7 heteroatoms. The van der Waals surface area contributed by atoms with Crippen molar-refractivity contribution in [2.24, 2.45) is 33.0 Å². The molecule has 0 bridgehead atoms. The summed E-state index contributed by atoms with van der Waals surface area (Å²) in [6.45, 7) is 17.3. The van der Waals surface area contributed by atoms with Gasteiger partial charge in [-0.15, -0.1) is 0 Å². The lowest BCUT2D eigenvalue weighted by atomic mass is 9.85. The van der Waals surface area contributed by atoms with Gasteiger partial charge in [0.1, 0.15) is 0 Å². The minimum atomic E-state index is 0.157. The highest BCUT2D eigenvalue weighted by Crippen LogP contribution is 2.20. The van der Waals surface area contributed by atoms with Crippen LogP contribution < -0.4 is 22.5 Å². The molecule has 1 unspecified atom stereocenters. The highest BCUT2D eigenvalue weighted by Gasteiger charge is 2.23. The lowest BCUT2D eigenvalue weighted by Gasteiger charge is -2.34. The van der Waals surface area contributed by atoms with Crippen molar-refractivity contribution in [2.75, 3.05) is 54.4 Å². The molecule has 0 saturated heterocycles. The minimum Gasteiger partial charge on any atom is -0.370 e. The van der Waals surface area contributed by atoms with Crippen LogP contribution in [-0.2, 0) is 0 Å². The molecule has 0 rings (SSSR count). The highest BCUT2D eigenvalue weighted by molar-refractivity contribution is 5.75. The van der Waals surface area contributed by atoms with Crippen molar-refractivity contribution in [3.05, 3.63) is 0 Å². The molecule has 0 aliphatic rings. The fourth-order valence-corrected chi connectivity index (χ4v) is 2.52. The van der Waals surface area contributed by atoms with Gasteiger partial charge in [0, 0.05) is 38.3 Å². The molecule has 0 spiro atoms. The van der Waals surface area contributed by atoms with Crippen molar-refractivity contribution in [1.29, 1.82) is 0 Å². The Bertz CT molecular complexity index is 404. The van der Waals surface area contributed by atoms with Crippen LogP contribution in [0.4, 0.5) is 0 Å². The van der Waals surface area contributed by atoms with E-state index in [9.17, 15) is 0 Å². The molecule has 0 aliphatic heterocycles. The van der Waals surface area contributed by atoms with Gasteiger partial charge in [-0.2, -0.15) is 0 Å². The SMILES string of the molecule is CC(C)(C)[C@@H](N)CCCN=C(N)N.CNC(CN(C)CCN(C)C)C(C)(C)C. The maximum Gasteiger partial charge on any atom is 0.185 e. The van der Waals surface area contributed by atoms with Crippen molar-refractivity contribution in [3.8, 4) is 0 Å². The largest absolute Gasteiger partial charge is 0.370 e. The van der Waals surface area contributed by atoms with Crippen LogP contribution in [0.1, 0.15) is 54.4 Å². The van der Waals surface area contributed by atoms with Gasteiger partial charge in [-0.1, -0.05) is 41.5 Å². The zero-order valence-corrected chi connectivity index (χ0v) is 20.5. The molecule has 0 aromatic carbocycles. The second-order valence-electron chi connectivity index (χ2n) is 10.2. The van der Waals surface area contributed by atoms with Gasteiger partial charge in [0.15, 0.2) is 5.96 Å². The van der Waals surface area contributed by atoms with Crippen LogP contribution in [0, 0.1) is 10.8 Å². The van der Waals surface area contributed by atoms with E-state index in [1.807, 2.05) is 0 Å². The Kier molecular flexibility index (Phi) is 14.8. The van der Waals surface area contributed by atoms with Gasteiger partial charge in [-0.05, 0) is 51.9 Å². The summed E-state index contributed by atoms with van der Waals surface area (Å²) in [5, 5.41) is 3.41. The first-order chi connectivity index (χ1) is 12.6. The van der Waals surface area contributed by atoms with Crippen LogP contribution in [0.2, 0.25) is 0 Å². The molecule has 0 aromatic rings. The predicted molar refractivity (Wildman–Crippen MR) is 126 cm³/mol. The van der Waals surface area contributed by atoms with Crippen molar-refractivity contribution in [1.82, 2.24) is 15.1 Å². The summed E-state index contributed by atoms with van der Waals surface area (Å²) < 4.78 is 0. The van der Waals surface area contributed by atoms with E-state index >= 15 is 0 Å². The van der Waals surface area contributed by atoms with E-state index in [1.54, 1.807) is 0 Å². The van der Waals surface area contributed by atoms with Crippen LogP contribution in [0.3, 0.4) is 0 Å². The zero-order valence-electron chi connectivity index (χ0n) is 20.5. The monoisotopic (exact) mass is 401 g/mol. The van der Waals surface area contributed by atoms with E-state index in [1.165, 1.54) is 0 Å². The molecule has 0 aromatic heterocycles. The van der Waals surface area contributed by atoms with Gasteiger partial charge >= 0.3 is 0 Å². The Hall–Kier alpha value is -0.890. The molecule has 0 radical (unpaired) electrons. The summed E-state index contributed by atoms with van der Waals surface area (Å²) in [7, 11) is 8.48. The Labute approximate surface area is 175 Å². The molecule has 7 N–H and O–H groups in total. The molecule has 0 aliphatic carbocycles. The number of nitrogens with zero attached hydrogens (tertiary/aromatic N) is 3. The smallest absolute Gasteiger partial charge is 0.185 e. The molecule has 0 saturated carbocycles. The van der Waals surface area contributed by atoms with Crippen LogP contribution in [0.15, 0.2) is 4.99 Å². The molecule has 170 valence electrons. The lowest BCUT2D eigenvalue weighted by Crippen LogP contribution is -2.47. The molecular weight excluding hydrogens is 350 g/mol. The van der Waals surface area contributed by atoms with Crippen molar-refractivity contribution >= 4 is 5.96 Å². The fourth-order valence-electron chi connectivity index (χ4n) is 2.52. The van der Waals surface area contributed by atoms with Gasteiger partial charge in [0.25, 0.3) is 0 Å². The first-order valence-electron chi connectivity index (χ1n) is 10.4. The van der Waals surface area contributed by atoms with Crippen LogP contribution >= 0.6 is 0 Å². The molecule has 28 heavy (non-hydrogen) atoms. The third kappa shape index (κ3) is 17.2. The maximum absolute atomic E-state index is 5.96. The Balaban J connectivity index is 0.